The molecule has 0 spiro atoms. The summed E-state index contributed by atoms with van der Waals surface area (Å²) in [5.41, 5.74) is 0. The molecule has 0 saturated carbocycles. The van der Waals surface area contributed by atoms with Crippen LogP contribution in [-0.4, -0.2) is 15.1 Å². The molecule has 2 rings (SSSR count). The van der Waals surface area contributed by atoms with Gasteiger partial charge in [0.25, 0.3) is 0 Å². The first kappa shape index (κ1) is 10.1. The van der Waals surface area contributed by atoms with E-state index in [1.165, 1.54) is 0 Å². The highest BCUT2D eigenvalue weighted by atomic mass is 79.9. The van der Waals surface area contributed by atoms with E-state index in [0.29, 0.717) is 12.4 Å². The molecule has 15 heavy (non-hydrogen) atoms. The Balaban J connectivity index is 2.05. The second-order valence-corrected chi connectivity index (χ2v) is 3.77. The van der Waals surface area contributed by atoms with Crippen molar-refractivity contribution >= 4 is 21.7 Å². The molecule has 0 unspecified atom stereocenters. The van der Waals surface area contributed by atoms with Gasteiger partial charge in [0.1, 0.15) is 16.2 Å². The Morgan fingerprint density at radius 1 is 1.47 bits per heavy atom. The number of aromatic nitrogens is 3. The van der Waals surface area contributed by atoms with E-state index in [4.69, 9.17) is 4.52 Å². The van der Waals surface area contributed by atoms with Crippen LogP contribution in [0.4, 0.5) is 5.82 Å². The maximum absolute atomic E-state index is 4.95. The zero-order chi connectivity index (χ0) is 10.7. The van der Waals surface area contributed by atoms with Crippen LogP contribution in [0.25, 0.3) is 0 Å². The molecule has 0 bridgehead atoms. The Bertz CT molecular complexity index is 423. The molecular weight excluding hydrogens is 260 g/mol. The summed E-state index contributed by atoms with van der Waals surface area (Å²) in [5.74, 6) is 2.23. The molecule has 5 nitrogen and oxygen atoms in total. The SMILES string of the molecule is Cc1nc(Br)cc(NCc2ccno2)n1. The Morgan fingerprint density at radius 2 is 2.33 bits per heavy atom. The number of halogens is 1. The number of rotatable bonds is 3. The highest BCUT2D eigenvalue weighted by Crippen LogP contribution is 2.12. The average Bonchev–Trinajstić information content (AvgIpc) is 2.65. The van der Waals surface area contributed by atoms with Gasteiger partial charge in [0.2, 0.25) is 0 Å². The lowest BCUT2D eigenvalue weighted by atomic mass is 10.4. The quantitative estimate of drug-likeness (QED) is 0.865. The van der Waals surface area contributed by atoms with Crippen molar-refractivity contribution in [2.45, 2.75) is 13.5 Å². The molecule has 2 aromatic heterocycles. The van der Waals surface area contributed by atoms with Crippen LogP contribution >= 0.6 is 15.9 Å². The van der Waals surface area contributed by atoms with E-state index >= 15 is 0 Å². The van der Waals surface area contributed by atoms with Gasteiger partial charge in [-0.25, -0.2) is 9.97 Å². The lowest BCUT2D eigenvalue weighted by Gasteiger charge is -2.03. The first-order chi connectivity index (χ1) is 7.24. The average molecular weight is 269 g/mol. The monoisotopic (exact) mass is 268 g/mol. The normalized spacial score (nSPS) is 10.3. The van der Waals surface area contributed by atoms with Gasteiger partial charge in [-0.3, -0.25) is 0 Å². The van der Waals surface area contributed by atoms with Gasteiger partial charge in [0, 0.05) is 12.1 Å². The van der Waals surface area contributed by atoms with Crippen LogP contribution in [-0.2, 0) is 6.54 Å². The van der Waals surface area contributed by atoms with Crippen LogP contribution in [0.5, 0.6) is 0 Å². The van der Waals surface area contributed by atoms with E-state index in [1.807, 2.05) is 13.0 Å². The van der Waals surface area contributed by atoms with E-state index in [-0.39, 0.29) is 0 Å². The van der Waals surface area contributed by atoms with Crippen LogP contribution in [0, 0.1) is 6.92 Å². The molecule has 2 aromatic rings. The number of nitrogens with zero attached hydrogens (tertiary/aromatic N) is 3. The van der Waals surface area contributed by atoms with Crippen molar-refractivity contribution in [1.29, 1.82) is 0 Å². The van der Waals surface area contributed by atoms with Crippen molar-refractivity contribution < 1.29 is 4.52 Å². The van der Waals surface area contributed by atoms with E-state index in [0.717, 1.165) is 16.2 Å². The minimum absolute atomic E-state index is 0.558. The molecule has 0 aliphatic rings. The van der Waals surface area contributed by atoms with E-state index < -0.39 is 0 Å². The number of anilines is 1. The van der Waals surface area contributed by atoms with Gasteiger partial charge in [-0.1, -0.05) is 5.16 Å². The third-order valence-corrected chi connectivity index (χ3v) is 2.15. The molecule has 0 fully saturated rings. The fourth-order valence-corrected chi connectivity index (χ4v) is 1.61. The lowest BCUT2D eigenvalue weighted by molar-refractivity contribution is 0.388. The summed E-state index contributed by atoms with van der Waals surface area (Å²) in [7, 11) is 0. The van der Waals surface area contributed by atoms with Gasteiger partial charge in [-0.2, -0.15) is 0 Å². The number of aryl methyl sites for hydroxylation is 1. The van der Waals surface area contributed by atoms with Crippen molar-refractivity contribution in [3.63, 3.8) is 0 Å². The Labute approximate surface area is 95.0 Å². The van der Waals surface area contributed by atoms with Gasteiger partial charge in [0.15, 0.2) is 5.76 Å². The fraction of sp³-hybridized carbons (Fsp3) is 0.222. The minimum Gasteiger partial charge on any atom is -0.363 e. The summed E-state index contributed by atoms with van der Waals surface area (Å²) in [5, 5.41) is 6.73. The second kappa shape index (κ2) is 4.39. The number of hydrogen-bond acceptors (Lipinski definition) is 5. The molecular formula is C9H9BrN4O. The smallest absolute Gasteiger partial charge is 0.155 e. The van der Waals surface area contributed by atoms with Crippen LogP contribution in [0.3, 0.4) is 0 Å². The number of nitrogens with one attached hydrogen (secondary N) is 1. The van der Waals surface area contributed by atoms with E-state index in [1.54, 1.807) is 12.3 Å². The van der Waals surface area contributed by atoms with E-state index in [2.05, 4.69) is 36.4 Å². The molecule has 2 heterocycles. The molecule has 0 aromatic carbocycles. The van der Waals surface area contributed by atoms with Crippen molar-refractivity contribution in [2.24, 2.45) is 0 Å². The third-order valence-electron chi connectivity index (χ3n) is 1.74. The maximum atomic E-state index is 4.95. The topological polar surface area (TPSA) is 63.8 Å². The van der Waals surface area contributed by atoms with Gasteiger partial charge >= 0.3 is 0 Å². The Morgan fingerprint density at radius 3 is 3.00 bits per heavy atom. The predicted molar refractivity (Wildman–Crippen MR) is 58.3 cm³/mol. The van der Waals surface area contributed by atoms with Crippen LogP contribution in [0.15, 0.2) is 27.5 Å². The molecule has 6 heteroatoms. The maximum Gasteiger partial charge on any atom is 0.155 e. The van der Waals surface area contributed by atoms with Crippen molar-refractivity contribution in [3.8, 4) is 0 Å². The van der Waals surface area contributed by atoms with Gasteiger partial charge in [-0.05, 0) is 22.9 Å². The van der Waals surface area contributed by atoms with Crippen LogP contribution in [0.2, 0.25) is 0 Å². The molecule has 0 radical (unpaired) electrons. The molecule has 0 aliphatic heterocycles. The van der Waals surface area contributed by atoms with Crippen LogP contribution in [0.1, 0.15) is 11.6 Å². The van der Waals surface area contributed by atoms with Gasteiger partial charge < -0.3 is 9.84 Å². The lowest BCUT2D eigenvalue weighted by Crippen LogP contribution is -2.02. The highest BCUT2D eigenvalue weighted by molar-refractivity contribution is 9.10. The summed E-state index contributed by atoms with van der Waals surface area (Å²) < 4.78 is 5.71. The molecule has 0 atom stereocenters. The van der Waals surface area contributed by atoms with Crippen LogP contribution < -0.4 is 5.32 Å². The third kappa shape index (κ3) is 2.76. The molecule has 0 saturated heterocycles. The summed E-state index contributed by atoms with van der Waals surface area (Å²) in [6.45, 7) is 2.40. The molecule has 0 aliphatic carbocycles. The zero-order valence-corrected chi connectivity index (χ0v) is 9.65. The standard InChI is InChI=1S/C9H9BrN4O/c1-6-13-8(10)4-9(14-6)11-5-7-2-3-12-15-7/h2-4H,5H2,1H3,(H,11,13,14). The van der Waals surface area contributed by atoms with Gasteiger partial charge in [-0.15, -0.1) is 0 Å². The number of hydrogen-bond donors (Lipinski definition) is 1. The van der Waals surface area contributed by atoms with Crippen molar-refractivity contribution in [1.82, 2.24) is 15.1 Å². The summed E-state index contributed by atoms with van der Waals surface area (Å²) >= 11 is 3.30. The Kier molecular flexibility index (Phi) is 2.96. The van der Waals surface area contributed by atoms with Crippen molar-refractivity contribution in [2.75, 3.05) is 5.32 Å². The summed E-state index contributed by atoms with van der Waals surface area (Å²) in [6, 6.07) is 3.61. The van der Waals surface area contributed by atoms with E-state index in [9.17, 15) is 0 Å². The summed E-state index contributed by atoms with van der Waals surface area (Å²) in [6.07, 6.45) is 1.61. The summed E-state index contributed by atoms with van der Waals surface area (Å²) in [4.78, 5) is 8.33. The zero-order valence-electron chi connectivity index (χ0n) is 8.07. The first-order valence-electron chi connectivity index (χ1n) is 4.38. The Hall–Kier alpha value is -1.43. The molecule has 1 N–H and O–H groups in total. The fourth-order valence-electron chi connectivity index (χ4n) is 1.13. The minimum atomic E-state index is 0.558. The second-order valence-electron chi connectivity index (χ2n) is 2.96. The van der Waals surface area contributed by atoms with Gasteiger partial charge in [0.05, 0.1) is 12.7 Å². The predicted octanol–water partition coefficient (Wildman–Crippen LogP) is 2.15. The first-order valence-corrected chi connectivity index (χ1v) is 5.18. The van der Waals surface area contributed by atoms with Crippen molar-refractivity contribution in [3.05, 3.63) is 34.5 Å². The molecule has 78 valence electrons. The largest absolute Gasteiger partial charge is 0.363 e. The highest BCUT2D eigenvalue weighted by Gasteiger charge is 2.01. The molecule has 0 amide bonds.